The molecule has 6 nitrogen and oxygen atoms in total. The number of hydrogen-bond donors (Lipinski definition) is 1. The monoisotopic (exact) mass is 565 g/mol. The molecule has 4 aromatic carbocycles. The van der Waals surface area contributed by atoms with Crippen molar-refractivity contribution >= 4 is 39.0 Å². The maximum absolute atomic E-state index is 13.2. The zero-order chi connectivity index (χ0) is 26.3. The van der Waals surface area contributed by atoms with E-state index in [1.54, 1.807) is 19.4 Å². The predicted molar refractivity (Wildman–Crippen MR) is 154 cm³/mol. The Hall–Kier alpha value is -4.49. The van der Waals surface area contributed by atoms with E-state index in [9.17, 15) is 4.79 Å². The molecule has 188 valence electrons. The van der Waals surface area contributed by atoms with Gasteiger partial charge in [-0.2, -0.15) is 5.10 Å². The third kappa shape index (κ3) is 5.90. The first kappa shape index (κ1) is 25.2. The Balaban J connectivity index is 1.31. The topological polar surface area (TPSA) is 72.8 Å². The lowest BCUT2D eigenvalue weighted by molar-refractivity contribution is 0.0956. The molecule has 38 heavy (non-hydrogen) atoms. The van der Waals surface area contributed by atoms with Gasteiger partial charge in [0.05, 0.1) is 30.1 Å². The molecule has 0 unspecified atom stereocenters. The van der Waals surface area contributed by atoms with E-state index < -0.39 is 0 Å². The number of hydrogen-bond acceptors (Lipinski definition) is 5. The summed E-state index contributed by atoms with van der Waals surface area (Å²) in [5, 5.41) is 4.95. The van der Waals surface area contributed by atoms with Crippen molar-refractivity contribution in [2.24, 2.45) is 5.10 Å². The minimum absolute atomic E-state index is 0.321. The van der Waals surface area contributed by atoms with Crippen LogP contribution in [0, 0.1) is 0 Å². The normalized spacial score (nSPS) is 11.0. The van der Waals surface area contributed by atoms with Crippen LogP contribution in [-0.4, -0.2) is 24.2 Å². The molecule has 0 saturated carbocycles. The SMILES string of the molecule is COc1cc(/C=N/NC(=O)c2cc(-c3ccccc3)nc3ccccc23)ccc1OCc1ccc(Br)cc1. The number of rotatable bonds is 8. The second kappa shape index (κ2) is 11.7. The van der Waals surface area contributed by atoms with Crippen molar-refractivity contribution in [3.05, 3.63) is 124 Å². The lowest BCUT2D eigenvalue weighted by atomic mass is 10.0. The number of amides is 1. The summed E-state index contributed by atoms with van der Waals surface area (Å²) in [4.78, 5) is 17.9. The second-order valence-electron chi connectivity index (χ2n) is 8.46. The Morgan fingerprint density at radius 2 is 1.68 bits per heavy atom. The van der Waals surface area contributed by atoms with Crippen LogP contribution in [0.1, 0.15) is 21.5 Å². The molecule has 5 aromatic rings. The second-order valence-corrected chi connectivity index (χ2v) is 9.38. The number of carbonyl (C=O) groups excluding carboxylic acids is 1. The number of fused-ring (bicyclic) bond motifs is 1. The van der Waals surface area contributed by atoms with Gasteiger partial charge in [0.15, 0.2) is 11.5 Å². The Morgan fingerprint density at radius 1 is 0.921 bits per heavy atom. The Kier molecular flexibility index (Phi) is 7.75. The van der Waals surface area contributed by atoms with Crippen LogP contribution >= 0.6 is 15.9 Å². The van der Waals surface area contributed by atoms with Crippen LogP contribution in [0.15, 0.2) is 113 Å². The summed E-state index contributed by atoms with van der Waals surface area (Å²) in [5.41, 5.74) is 7.35. The summed E-state index contributed by atoms with van der Waals surface area (Å²) in [6.45, 7) is 0.415. The molecule has 0 fully saturated rings. The lowest BCUT2D eigenvalue weighted by Gasteiger charge is -2.11. The zero-order valence-corrected chi connectivity index (χ0v) is 22.2. The van der Waals surface area contributed by atoms with Gasteiger partial charge in [0.25, 0.3) is 5.91 Å². The number of aromatic nitrogens is 1. The highest BCUT2D eigenvalue weighted by Crippen LogP contribution is 2.29. The lowest BCUT2D eigenvalue weighted by Crippen LogP contribution is -2.18. The van der Waals surface area contributed by atoms with Crippen LogP contribution in [-0.2, 0) is 6.61 Å². The van der Waals surface area contributed by atoms with Gasteiger partial charge in [-0.15, -0.1) is 0 Å². The van der Waals surface area contributed by atoms with Crippen molar-refractivity contribution in [3.63, 3.8) is 0 Å². The third-order valence-corrected chi connectivity index (χ3v) is 6.43. The number of carbonyl (C=O) groups is 1. The number of halogens is 1. The summed E-state index contributed by atoms with van der Waals surface area (Å²) >= 11 is 3.44. The third-order valence-electron chi connectivity index (χ3n) is 5.91. The van der Waals surface area contributed by atoms with Crippen LogP contribution < -0.4 is 14.9 Å². The first-order chi connectivity index (χ1) is 18.6. The van der Waals surface area contributed by atoms with Crippen LogP contribution in [0.3, 0.4) is 0 Å². The number of methoxy groups -OCH3 is 1. The van der Waals surface area contributed by atoms with Gasteiger partial charge in [0.2, 0.25) is 0 Å². The van der Waals surface area contributed by atoms with E-state index in [2.05, 4.69) is 26.5 Å². The summed E-state index contributed by atoms with van der Waals surface area (Å²) in [7, 11) is 1.59. The smallest absolute Gasteiger partial charge is 0.272 e. The van der Waals surface area contributed by atoms with Gasteiger partial charge >= 0.3 is 0 Å². The number of para-hydroxylation sites is 1. The van der Waals surface area contributed by atoms with Crippen molar-refractivity contribution in [1.29, 1.82) is 0 Å². The van der Waals surface area contributed by atoms with Gasteiger partial charge in [-0.05, 0) is 53.6 Å². The Labute approximate surface area is 229 Å². The van der Waals surface area contributed by atoms with Crippen molar-refractivity contribution in [1.82, 2.24) is 10.4 Å². The largest absolute Gasteiger partial charge is 0.493 e. The molecule has 1 N–H and O–H groups in total. The minimum atomic E-state index is -0.321. The Morgan fingerprint density at radius 3 is 2.47 bits per heavy atom. The van der Waals surface area contributed by atoms with E-state index in [4.69, 9.17) is 14.5 Å². The fourth-order valence-electron chi connectivity index (χ4n) is 3.97. The molecule has 1 heterocycles. The first-order valence-corrected chi connectivity index (χ1v) is 12.7. The predicted octanol–water partition coefficient (Wildman–Crippen LogP) is 7.02. The number of pyridine rings is 1. The van der Waals surface area contributed by atoms with E-state index in [1.807, 2.05) is 97.1 Å². The standard InChI is InChI=1S/C31H24BrN3O3/c1-37-30-17-22(13-16-29(30)38-20-21-11-14-24(32)15-12-21)19-33-35-31(36)26-18-28(23-7-3-2-4-8-23)34-27-10-6-5-9-25(26)27/h2-19H,20H2,1H3,(H,35,36)/b33-19+. The molecular formula is C31H24BrN3O3. The number of ether oxygens (including phenoxy) is 2. The van der Waals surface area contributed by atoms with Crippen LogP contribution in [0.25, 0.3) is 22.2 Å². The van der Waals surface area contributed by atoms with E-state index in [0.29, 0.717) is 23.7 Å². The molecule has 0 spiro atoms. The molecule has 1 aromatic heterocycles. The average Bonchev–Trinajstić information content (AvgIpc) is 2.97. The number of nitrogens with one attached hydrogen (secondary N) is 1. The first-order valence-electron chi connectivity index (χ1n) is 11.9. The average molecular weight is 566 g/mol. The highest BCUT2D eigenvalue weighted by molar-refractivity contribution is 9.10. The van der Waals surface area contributed by atoms with Gasteiger partial charge in [-0.3, -0.25) is 4.79 Å². The Bertz CT molecular complexity index is 1600. The highest BCUT2D eigenvalue weighted by atomic mass is 79.9. The molecule has 0 aliphatic heterocycles. The van der Waals surface area contributed by atoms with Crippen molar-refractivity contribution in [3.8, 4) is 22.8 Å². The fraction of sp³-hybridized carbons (Fsp3) is 0.0645. The van der Waals surface area contributed by atoms with Gasteiger partial charge in [-0.1, -0.05) is 76.6 Å². The molecule has 0 aliphatic carbocycles. The minimum Gasteiger partial charge on any atom is -0.493 e. The summed E-state index contributed by atoms with van der Waals surface area (Å²) in [6.07, 6.45) is 1.57. The molecule has 0 bridgehead atoms. The van der Waals surface area contributed by atoms with Crippen LogP contribution in [0.4, 0.5) is 0 Å². The quantitative estimate of drug-likeness (QED) is 0.162. The maximum atomic E-state index is 13.2. The molecular weight excluding hydrogens is 542 g/mol. The summed E-state index contributed by atoms with van der Waals surface area (Å²) in [6, 6.07) is 32.6. The van der Waals surface area contributed by atoms with Crippen LogP contribution in [0.5, 0.6) is 11.5 Å². The highest BCUT2D eigenvalue weighted by Gasteiger charge is 2.13. The van der Waals surface area contributed by atoms with Gasteiger partial charge in [0.1, 0.15) is 6.61 Å². The van der Waals surface area contributed by atoms with Crippen LogP contribution in [0.2, 0.25) is 0 Å². The van der Waals surface area contributed by atoms with Gasteiger partial charge in [0, 0.05) is 15.4 Å². The van der Waals surface area contributed by atoms with Gasteiger partial charge < -0.3 is 9.47 Å². The van der Waals surface area contributed by atoms with Crippen molar-refractivity contribution in [2.45, 2.75) is 6.61 Å². The summed E-state index contributed by atoms with van der Waals surface area (Å²) in [5.74, 6) is 0.872. The zero-order valence-electron chi connectivity index (χ0n) is 20.6. The van der Waals surface area contributed by atoms with E-state index in [-0.39, 0.29) is 5.91 Å². The molecule has 5 rings (SSSR count). The van der Waals surface area contributed by atoms with E-state index >= 15 is 0 Å². The molecule has 0 atom stereocenters. The van der Waals surface area contributed by atoms with E-state index in [1.165, 1.54) is 0 Å². The fourth-order valence-corrected chi connectivity index (χ4v) is 4.24. The molecule has 1 amide bonds. The number of hydrazone groups is 1. The van der Waals surface area contributed by atoms with Gasteiger partial charge in [-0.25, -0.2) is 10.4 Å². The maximum Gasteiger partial charge on any atom is 0.272 e. The molecule has 7 heteroatoms. The molecule has 0 saturated heterocycles. The molecule has 0 aliphatic rings. The summed E-state index contributed by atoms with van der Waals surface area (Å²) < 4.78 is 12.5. The van der Waals surface area contributed by atoms with Crippen molar-refractivity contribution < 1.29 is 14.3 Å². The van der Waals surface area contributed by atoms with Crippen molar-refractivity contribution in [2.75, 3.05) is 7.11 Å². The molecule has 0 radical (unpaired) electrons. The van der Waals surface area contributed by atoms with E-state index in [0.717, 1.165) is 37.8 Å². The number of benzene rings is 4. The number of nitrogens with zero attached hydrogens (tertiary/aromatic N) is 2.